The van der Waals surface area contributed by atoms with Crippen molar-refractivity contribution < 1.29 is 4.79 Å². The molecule has 2 fully saturated rings. The molecule has 0 saturated carbocycles. The summed E-state index contributed by atoms with van der Waals surface area (Å²) in [7, 11) is 2.11. The highest BCUT2D eigenvalue weighted by molar-refractivity contribution is 5.79. The van der Waals surface area contributed by atoms with Crippen LogP contribution in [0.2, 0.25) is 0 Å². The van der Waals surface area contributed by atoms with Gasteiger partial charge in [0.2, 0.25) is 5.91 Å². The highest BCUT2D eigenvalue weighted by Crippen LogP contribution is 2.18. The largest absolute Gasteiger partial charge is 0.341 e. The summed E-state index contributed by atoms with van der Waals surface area (Å²) in [6, 6.07) is 0. The molecule has 128 valence electrons. The standard InChI is InChI=1S/C17H29N5O/c1-3-22-13-15(11-18-22)12-20-6-4-7-21(10-9-20)17(23)16-5-8-19(2)14-16/h11,13,16H,3-10,12,14H2,1-2H3/t16-/m1/s1. The Hall–Kier alpha value is -1.40. The van der Waals surface area contributed by atoms with Crippen LogP contribution in [0, 0.1) is 5.92 Å². The second-order valence-corrected chi connectivity index (χ2v) is 6.91. The van der Waals surface area contributed by atoms with Crippen LogP contribution in [0.5, 0.6) is 0 Å². The fourth-order valence-corrected chi connectivity index (χ4v) is 3.66. The first-order valence-corrected chi connectivity index (χ1v) is 8.86. The summed E-state index contributed by atoms with van der Waals surface area (Å²) in [5, 5.41) is 4.35. The van der Waals surface area contributed by atoms with Crippen LogP contribution in [-0.4, -0.2) is 76.7 Å². The van der Waals surface area contributed by atoms with Gasteiger partial charge in [0.15, 0.2) is 0 Å². The third kappa shape index (κ3) is 4.12. The number of rotatable bonds is 4. The lowest BCUT2D eigenvalue weighted by Crippen LogP contribution is -2.39. The van der Waals surface area contributed by atoms with E-state index in [1.807, 2.05) is 10.9 Å². The summed E-state index contributed by atoms with van der Waals surface area (Å²) in [5.41, 5.74) is 1.27. The van der Waals surface area contributed by atoms with Crippen LogP contribution in [0.4, 0.5) is 0 Å². The van der Waals surface area contributed by atoms with Gasteiger partial charge in [-0.3, -0.25) is 14.4 Å². The van der Waals surface area contributed by atoms with Crippen molar-refractivity contribution in [1.29, 1.82) is 0 Å². The van der Waals surface area contributed by atoms with Gasteiger partial charge in [-0.2, -0.15) is 5.10 Å². The van der Waals surface area contributed by atoms with Crippen molar-refractivity contribution in [2.24, 2.45) is 5.92 Å². The highest BCUT2D eigenvalue weighted by atomic mass is 16.2. The van der Waals surface area contributed by atoms with Gasteiger partial charge in [-0.15, -0.1) is 0 Å². The number of carbonyl (C=O) groups is 1. The predicted molar refractivity (Wildman–Crippen MR) is 90.0 cm³/mol. The molecule has 0 aliphatic carbocycles. The SMILES string of the molecule is CCn1cc(CN2CCCN(C(=O)[C@@H]3CCN(C)C3)CC2)cn1. The van der Waals surface area contributed by atoms with E-state index in [1.54, 1.807) is 0 Å². The Morgan fingerprint density at radius 2 is 2.13 bits per heavy atom. The summed E-state index contributed by atoms with van der Waals surface area (Å²) >= 11 is 0. The number of nitrogens with zero attached hydrogens (tertiary/aromatic N) is 5. The van der Waals surface area contributed by atoms with E-state index < -0.39 is 0 Å². The molecular weight excluding hydrogens is 290 g/mol. The first kappa shape index (κ1) is 16.5. The number of hydrogen-bond donors (Lipinski definition) is 0. The fraction of sp³-hybridized carbons (Fsp3) is 0.765. The molecule has 3 rings (SSSR count). The van der Waals surface area contributed by atoms with Crippen molar-refractivity contribution in [3.8, 4) is 0 Å². The molecule has 0 N–H and O–H groups in total. The maximum atomic E-state index is 12.7. The second-order valence-electron chi connectivity index (χ2n) is 6.91. The summed E-state index contributed by atoms with van der Waals surface area (Å²) in [6.07, 6.45) is 6.18. The van der Waals surface area contributed by atoms with Gasteiger partial charge in [0.1, 0.15) is 0 Å². The number of aromatic nitrogens is 2. The molecule has 6 nitrogen and oxygen atoms in total. The van der Waals surface area contributed by atoms with E-state index in [2.05, 4.69) is 40.0 Å². The molecule has 2 aliphatic heterocycles. The zero-order valence-corrected chi connectivity index (χ0v) is 14.4. The van der Waals surface area contributed by atoms with E-state index >= 15 is 0 Å². The van der Waals surface area contributed by atoms with E-state index in [4.69, 9.17) is 0 Å². The molecule has 0 unspecified atom stereocenters. The van der Waals surface area contributed by atoms with Crippen molar-refractivity contribution in [2.45, 2.75) is 32.9 Å². The predicted octanol–water partition coefficient (Wildman–Crippen LogP) is 0.889. The molecule has 1 amide bonds. The normalized spacial score (nSPS) is 24.1. The summed E-state index contributed by atoms with van der Waals surface area (Å²) in [4.78, 5) is 19.5. The van der Waals surface area contributed by atoms with Crippen LogP contribution in [0.15, 0.2) is 12.4 Å². The van der Waals surface area contributed by atoms with Crippen LogP contribution >= 0.6 is 0 Å². The van der Waals surface area contributed by atoms with E-state index in [9.17, 15) is 4.79 Å². The van der Waals surface area contributed by atoms with Crippen molar-refractivity contribution >= 4 is 5.91 Å². The molecule has 6 heteroatoms. The van der Waals surface area contributed by atoms with Gasteiger partial charge in [-0.05, 0) is 33.4 Å². The lowest BCUT2D eigenvalue weighted by Gasteiger charge is -2.24. The quantitative estimate of drug-likeness (QED) is 0.827. The van der Waals surface area contributed by atoms with Gasteiger partial charge in [-0.25, -0.2) is 0 Å². The number of likely N-dealkylation sites (tertiary alicyclic amines) is 1. The van der Waals surface area contributed by atoms with E-state index in [0.29, 0.717) is 5.91 Å². The number of hydrogen-bond acceptors (Lipinski definition) is 4. The molecule has 0 spiro atoms. The van der Waals surface area contributed by atoms with E-state index in [0.717, 1.165) is 65.2 Å². The minimum atomic E-state index is 0.217. The highest BCUT2D eigenvalue weighted by Gasteiger charge is 2.30. The van der Waals surface area contributed by atoms with Crippen molar-refractivity contribution in [2.75, 3.05) is 46.3 Å². The monoisotopic (exact) mass is 319 g/mol. The first-order valence-electron chi connectivity index (χ1n) is 8.86. The van der Waals surface area contributed by atoms with Crippen molar-refractivity contribution in [1.82, 2.24) is 24.5 Å². The van der Waals surface area contributed by atoms with Crippen LogP contribution < -0.4 is 0 Å². The molecule has 23 heavy (non-hydrogen) atoms. The number of carbonyl (C=O) groups excluding carboxylic acids is 1. The molecule has 3 heterocycles. The Morgan fingerprint density at radius 3 is 2.83 bits per heavy atom. The summed E-state index contributed by atoms with van der Waals surface area (Å²) in [6.45, 7) is 9.73. The summed E-state index contributed by atoms with van der Waals surface area (Å²) in [5.74, 6) is 0.587. The third-order valence-electron chi connectivity index (χ3n) is 5.06. The summed E-state index contributed by atoms with van der Waals surface area (Å²) < 4.78 is 1.97. The first-order chi connectivity index (χ1) is 11.2. The second kappa shape index (κ2) is 7.45. The molecule has 1 aromatic heterocycles. The topological polar surface area (TPSA) is 44.6 Å². The molecular formula is C17H29N5O. The van der Waals surface area contributed by atoms with Crippen LogP contribution in [-0.2, 0) is 17.9 Å². The Balaban J connectivity index is 1.51. The van der Waals surface area contributed by atoms with Crippen LogP contribution in [0.3, 0.4) is 0 Å². The Labute approximate surface area is 139 Å². The van der Waals surface area contributed by atoms with E-state index in [1.165, 1.54) is 5.56 Å². The zero-order valence-electron chi connectivity index (χ0n) is 14.4. The van der Waals surface area contributed by atoms with Gasteiger partial charge in [0.25, 0.3) is 0 Å². The molecule has 2 aliphatic rings. The maximum Gasteiger partial charge on any atom is 0.227 e. The van der Waals surface area contributed by atoms with Gasteiger partial charge < -0.3 is 9.80 Å². The Bertz CT molecular complexity index is 529. The molecule has 0 radical (unpaired) electrons. The van der Waals surface area contributed by atoms with Gasteiger partial charge in [0.05, 0.1) is 12.1 Å². The lowest BCUT2D eigenvalue weighted by atomic mass is 10.1. The number of aryl methyl sites for hydroxylation is 1. The van der Waals surface area contributed by atoms with Crippen LogP contribution in [0.1, 0.15) is 25.3 Å². The van der Waals surface area contributed by atoms with Gasteiger partial charge >= 0.3 is 0 Å². The van der Waals surface area contributed by atoms with Crippen molar-refractivity contribution in [3.63, 3.8) is 0 Å². The average Bonchev–Trinajstić information content (AvgIpc) is 3.11. The average molecular weight is 319 g/mol. The zero-order chi connectivity index (χ0) is 16.2. The molecule has 1 atom stereocenters. The van der Waals surface area contributed by atoms with Crippen molar-refractivity contribution in [3.05, 3.63) is 18.0 Å². The molecule has 2 saturated heterocycles. The third-order valence-corrected chi connectivity index (χ3v) is 5.06. The van der Waals surface area contributed by atoms with E-state index in [-0.39, 0.29) is 5.92 Å². The van der Waals surface area contributed by atoms with Gasteiger partial charge in [-0.1, -0.05) is 0 Å². The minimum Gasteiger partial charge on any atom is -0.341 e. The lowest BCUT2D eigenvalue weighted by molar-refractivity contribution is -0.135. The molecule has 0 bridgehead atoms. The fourth-order valence-electron chi connectivity index (χ4n) is 3.66. The maximum absolute atomic E-state index is 12.7. The van der Waals surface area contributed by atoms with Crippen LogP contribution in [0.25, 0.3) is 0 Å². The minimum absolute atomic E-state index is 0.217. The Kier molecular flexibility index (Phi) is 5.33. The molecule has 1 aromatic rings. The Morgan fingerprint density at radius 1 is 1.26 bits per heavy atom. The number of amides is 1. The van der Waals surface area contributed by atoms with Gasteiger partial charge in [0, 0.05) is 57.6 Å². The smallest absolute Gasteiger partial charge is 0.227 e. The molecule has 0 aromatic carbocycles.